The van der Waals surface area contributed by atoms with Crippen LogP contribution in [0.15, 0.2) is 16.5 Å². The number of ether oxygens (including phenoxy) is 1. The summed E-state index contributed by atoms with van der Waals surface area (Å²) in [6.45, 7) is 6.92. The van der Waals surface area contributed by atoms with E-state index in [2.05, 4.69) is 10.4 Å². The number of carbonyl (C=O) groups is 1. The second kappa shape index (κ2) is 6.99. The molecule has 1 N–H and O–H groups in total. The van der Waals surface area contributed by atoms with Crippen LogP contribution in [0.5, 0.6) is 0 Å². The monoisotopic (exact) mass is 351 g/mol. The molecular formula is C17H22ClN3O3. The highest BCUT2D eigenvalue weighted by atomic mass is 35.5. The number of nitrogens with zero attached hydrogens (tertiary/aromatic N) is 2. The number of amides is 1. The molecule has 1 aliphatic rings. The van der Waals surface area contributed by atoms with Crippen molar-refractivity contribution in [1.29, 1.82) is 0 Å². The molecule has 3 rings (SSSR count). The molecule has 0 saturated carbocycles. The van der Waals surface area contributed by atoms with Crippen LogP contribution >= 0.6 is 11.6 Å². The Kier molecular flexibility index (Phi) is 4.96. The Morgan fingerprint density at radius 2 is 2.29 bits per heavy atom. The lowest BCUT2D eigenvalue weighted by molar-refractivity contribution is 0.0695. The van der Waals surface area contributed by atoms with Crippen molar-refractivity contribution in [2.45, 2.75) is 52.3 Å². The summed E-state index contributed by atoms with van der Waals surface area (Å²) in [5, 5.41) is 7.96. The minimum atomic E-state index is -0.226. The predicted octanol–water partition coefficient (Wildman–Crippen LogP) is 3.09. The number of nitrogens with one attached hydrogen (secondary N) is 1. The highest BCUT2D eigenvalue weighted by Crippen LogP contribution is 2.21. The number of aromatic nitrogens is 2. The first kappa shape index (κ1) is 17.0. The molecule has 1 saturated heterocycles. The van der Waals surface area contributed by atoms with Gasteiger partial charge in [-0.3, -0.25) is 9.48 Å². The molecule has 1 fully saturated rings. The minimum absolute atomic E-state index is 0.0385. The summed E-state index contributed by atoms with van der Waals surface area (Å²) >= 11 is 6.15. The molecular weight excluding hydrogens is 330 g/mol. The largest absolute Gasteiger partial charge is 0.454 e. The standard InChI is InChI=1S/C17H22ClN3O3/c1-10(14-5-4-8-23-14)19-17(22)15-7-6-13(24-15)9-21-12(3)16(18)11(2)20-21/h6-7,10,14H,4-5,8-9H2,1-3H3,(H,19,22)/t10-,14+/m0/s1. The van der Waals surface area contributed by atoms with Crippen LogP contribution < -0.4 is 5.32 Å². The maximum Gasteiger partial charge on any atom is 0.287 e. The van der Waals surface area contributed by atoms with Gasteiger partial charge in [-0.25, -0.2) is 0 Å². The number of hydrogen-bond acceptors (Lipinski definition) is 4. The van der Waals surface area contributed by atoms with E-state index in [0.29, 0.717) is 23.1 Å². The van der Waals surface area contributed by atoms with Crippen LogP contribution in [-0.4, -0.2) is 34.4 Å². The van der Waals surface area contributed by atoms with Crippen molar-refractivity contribution in [3.05, 3.63) is 40.1 Å². The van der Waals surface area contributed by atoms with Crippen molar-refractivity contribution < 1.29 is 13.9 Å². The van der Waals surface area contributed by atoms with Gasteiger partial charge in [-0.05, 0) is 45.7 Å². The normalized spacial score (nSPS) is 18.8. The lowest BCUT2D eigenvalue weighted by Crippen LogP contribution is -2.40. The van der Waals surface area contributed by atoms with Crippen LogP contribution in [0.1, 0.15) is 47.5 Å². The van der Waals surface area contributed by atoms with E-state index in [1.165, 1.54) is 0 Å². The lowest BCUT2D eigenvalue weighted by atomic mass is 10.1. The van der Waals surface area contributed by atoms with Crippen LogP contribution in [-0.2, 0) is 11.3 Å². The molecule has 6 nitrogen and oxygen atoms in total. The molecule has 2 aromatic rings. The van der Waals surface area contributed by atoms with E-state index in [4.69, 9.17) is 20.8 Å². The number of halogens is 1. The number of rotatable bonds is 5. The number of hydrogen-bond donors (Lipinski definition) is 1. The van der Waals surface area contributed by atoms with Crippen molar-refractivity contribution in [1.82, 2.24) is 15.1 Å². The minimum Gasteiger partial charge on any atom is -0.454 e. The summed E-state index contributed by atoms with van der Waals surface area (Å²) in [4.78, 5) is 12.3. The summed E-state index contributed by atoms with van der Waals surface area (Å²) in [7, 11) is 0. The Morgan fingerprint density at radius 1 is 1.50 bits per heavy atom. The van der Waals surface area contributed by atoms with E-state index in [0.717, 1.165) is 30.8 Å². The topological polar surface area (TPSA) is 69.3 Å². The van der Waals surface area contributed by atoms with E-state index >= 15 is 0 Å². The summed E-state index contributed by atoms with van der Waals surface area (Å²) in [6, 6.07) is 3.43. The molecule has 2 aromatic heterocycles. The van der Waals surface area contributed by atoms with Crippen LogP contribution in [0.2, 0.25) is 5.02 Å². The average Bonchev–Trinajstić information content (AvgIpc) is 3.27. The third kappa shape index (κ3) is 3.49. The second-order valence-corrected chi connectivity index (χ2v) is 6.60. The van der Waals surface area contributed by atoms with Crippen molar-refractivity contribution in [2.24, 2.45) is 0 Å². The van der Waals surface area contributed by atoms with Gasteiger partial charge in [-0.15, -0.1) is 0 Å². The average molecular weight is 352 g/mol. The van der Waals surface area contributed by atoms with Gasteiger partial charge in [0.15, 0.2) is 5.76 Å². The fourth-order valence-electron chi connectivity index (χ4n) is 2.93. The number of furan rings is 1. The van der Waals surface area contributed by atoms with Gasteiger partial charge in [-0.2, -0.15) is 5.10 Å². The molecule has 0 bridgehead atoms. The number of carbonyl (C=O) groups excluding carboxylic acids is 1. The number of aryl methyl sites for hydroxylation is 1. The van der Waals surface area contributed by atoms with Gasteiger partial charge >= 0.3 is 0 Å². The zero-order valence-electron chi connectivity index (χ0n) is 14.1. The van der Waals surface area contributed by atoms with Crippen LogP contribution in [0.25, 0.3) is 0 Å². The van der Waals surface area contributed by atoms with Crippen molar-refractivity contribution in [2.75, 3.05) is 6.61 Å². The molecule has 0 aliphatic carbocycles. The van der Waals surface area contributed by atoms with Gasteiger partial charge in [0, 0.05) is 6.61 Å². The molecule has 3 heterocycles. The zero-order valence-corrected chi connectivity index (χ0v) is 14.9. The molecule has 1 aliphatic heterocycles. The Hall–Kier alpha value is -1.79. The fourth-order valence-corrected chi connectivity index (χ4v) is 3.06. The molecule has 0 aromatic carbocycles. The van der Waals surface area contributed by atoms with Gasteiger partial charge < -0.3 is 14.5 Å². The van der Waals surface area contributed by atoms with Gasteiger partial charge in [0.25, 0.3) is 5.91 Å². The maximum atomic E-state index is 12.3. The van der Waals surface area contributed by atoms with Crippen LogP contribution in [0.4, 0.5) is 0 Å². The van der Waals surface area contributed by atoms with Gasteiger partial charge in [-0.1, -0.05) is 11.6 Å². The summed E-state index contributed by atoms with van der Waals surface area (Å²) in [6.07, 6.45) is 2.10. The smallest absolute Gasteiger partial charge is 0.287 e. The highest BCUT2D eigenvalue weighted by Gasteiger charge is 2.25. The van der Waals surface area contributed by atoms with Crippen molar-refractivity contribution in [3.63, 3.8) is 0 Å². The van der Waals surface area contributed by atoms with E-state index in [1.54, 1.807) is 16.8 Å². The summed E-state index contributed by atoms with van der Waals surface area (Å²) in [5.74, 6) is 0.727. The third-order valence-electron chi connectivity index (χ3n) is 4.37. The SMILES string of the molecule is Cc1nn(Cc2ccc(C(=O)N[C@@H](C)[C@H]3CCCO3)o2)c(C)c1Cl. The summed E-state index contributed by atoms with van der Waals surface area (Å²) < 4.78 is 13.0. The van der Waals surface area contributed by atoms with Gasteiger partial charge in [0.2, 0.25) is 0 Å². The first-order chi connectivity index (χ1) is 11.5. The predicted molar refractivity (Wildman–Crippen MR) is 90.4 cm³/mol. The van der Waals surface area contributed by atoms with Crippen molar-refractivity contribution >= 4 is 17.5 Å². The molecule has 2 atom stereocenters. The fraction of sp³-hybridized carbons (Fsp3) is 0.529. The van der Waals surface area contributed by atoms with Gasteiger partial charge in [0.05, 0.1) is 35.1 Å². The Bertz CT molecular complexity index is 732. The molecule has 7 heteroatoms. The maximum absolute atomic E-state index is 12.3. The molecule has 130 valence electrons. The second-order valence-electron chi connectivity index (χ2n) is 6.22. The third-order valence-corrected chi connectivity index (χ3v) is 4.91. The zero-order chi connectivity index (χ0) is 17.3. The Morgan fingerprint density at radius 3 is 2.92 bits per heavy atom. The molecule has 0 radical (unpaired) electrons. The lowest BCUT2D eigenvalue weighted by Gasteiger charge is -2.19. The quantitative estimate of drug-likeness (QED) is 0.898. The van der Waals surface area contributed by atoms with Crippen LogP contribution in [0, 0.1) is 13.8 Å². The molecule has 24 heavy (non-hydrogen) atoms. The van der Waals surface area contributed by atoms with Crippen LogP contribution in [0.3, 0.4) is 0 Å². The first-order valence-electron chi connectivity index (χ1n) is 8.16. The highest BCUT2D eigenvalue weighted by molar-refractivity contribution is 6.31. The molecule has 0 unspecified atom stereocenters. The van der Waals surface area contributed by atoms with E-state index in [1.807, 2.05) is 20.8 Å². The molecule has 1 amide bonds. The Balaban J connectivity index is 1.64. The van der Waals surface area contributed by atoms with E-state index in [9.17, 15) is 4.79 Å². The van der Waals surface area contributed by atoms with Gasteiger partial charge in [0.1, 0.15) is 5.76 Å². The Labute approximate surface area is 146 Å². The van der Waals surface area contributed by atoms with E-state index in [-0.39, 0.29) is 18.1 Å². The molecule has 0 spiro atoms. The summed E-state index contributed by atoms with van der Waals surface area (Å²) in [5.41, 5.74) is 1.66. The first-order valence-corrected chi connectivity index (χ1v) is 8.54. The van der Waals surface area contributed by atoms with Crippen molar-refractivity contribution in [3.8, 4) is 0 Å². The van der Waals surface area contributed by atoms with E-state index < -0.39 is 0 Å².